The van der Waals surface area contributed by atoms with E-state index in [2.05, 4.69) is 67.6 Å². The molecule has 0 bridgehead atoms. The summed E-state index contributed by atoms with van der Waals surface area (Å²) in [6.07, 6.45) is 7.86. The van der Waals surface area contributed by atoms with Crippen LogP contribution in [0.3, 0.4) is 0 Å². The first-order chi connectivity index (χ1) is 12.1. The van der Waals surface area contributed by atoms with Gasteiger partial charge in [0.1, 0.15) is 0 Å². The van der Waals surface area contributed by atoms with Crippen LogP contribution in [0.4, 0.5) is 8.78 Å². The lowest BCUT2D eigenvalue weighted by atomic mass is 9.82. The summed E-state index contributed by atoms with van der Waals surface area (Å²) in [7, 11) is 0. The minimum atomic E-state index is -2.45. The van der Waals surface area contributed by atoms with Crippen LogP contribution in [0.2, 0.25) is 0 Å². The molecule has 2 aromatic carbocycles. The molecule has 1 aliphatic rings. The lowest BCUT2D eigenvalue weighted by Crippen LogP contribution is -2.23. The molecule has 0 nitrogen and oxygen atoms in total. The van der Waals surface area contributed by atoms with E-state index in [9.17, 15) is 8.78 Å². The Bertz CT molecular complexity index is 686. The third-order valence-electron chi connectivity index (χ3n) is 5.11. The van der Waals surface area contributed by atoms with Gasteiger partial charge in [0.05, 0.1) is 0 Å². The number of unbranched alkanes of at least 4 members (excludes halogenated alkanes) is 1. The minimum Gasteiger partial charge on any atom is -0.207 e. The molecule has 132 valence electrons. The van der Waals surface area contributed by atoms with Crippen LogP contribution in [0.25, 0.3) is 17.2 Å². The third kappa shape index (κ3) is 4.78. The van der Waals surface area contributed by atoms with Crippen LogP contribution in [0.1, 0.15) is 62.5 Å². The lowest BCUT2D eigenvalue weighted by molar-refractivity contribution is -0.0382. The number of hydrogen-bond acceptors (Lipinski definition) is 0. The van der Waals surface area contributed by atoms with E-state index in [1.165, 1.54) is 28.7 Å². The number of benzene rings is 2. The van der Waals surface area contributed by atoms with Gasteiger partial charge in [-0.1, -0.05) is 74.0 Å². The fourth-order valence-corrected chi connectivity index (χ4v) is 3.49. The van der Waals surface area contributed by atoms with Gasteiger partial charge in [-0.15, -0.1) is 0 Å². The van der Waals surface area contributed by atoms with Gasteiger partial charge in [0.15, 0.2) is 0 Å². The number of allylic oxidation sites excluding steroid dienone is 1. The average Bonchev–Trinajstić information content (AvgIpc) is 2.63. The quantitative estimate of drug-likeness (QED) is 0.530. The predicted molar refractivity (Wildman–Crippen MR) is 102 cm³/mol. The van der Waals surface area contributed by atoms with Crippen molar-refractivity contribution in [2.24, 2.45) is 0 Å². The predicted octanol–water partition coefficient (Wildman–Crippen LogP) is 7.46. The Labute approximate surface area is 149 Å². The zero-order valence-corrected chi connectivity index (χ0v) is 14.8. The topological polar surface area (TPSA) is 0 Å². The second kappa shape index (κ2) is 7.95. The Hall–Kier alpha value is -1.96. The van der Waals surface area contributed by atoms with Gasteiger partial charge in [-0.2, -0.15) is 0 Å². The highest BCUT2D eigenvalue weighted by atomic mass is 19.3. The molecule has 0 aromatic heterocycles. The molecular weight excluding hydrogens is 314 g/mol. The van der Waals surface area contributed by atoms with Crippen molar-refractivity contribution in [1.29, 1.82) is 0 Å². The number of alkyl halides is 2. The minimum absolute atomic E-state index is 0.0203. The smallest absolute Gasteiger partial charge is 0.207 e. The summed E-state index contributed by atoms with van der Waals surface area (Å²) in [6, 6.07) is 17.0. The van der Waals surface area contributed by atoms with Gasteiger partial charge < -0.3 is 0 Å². The Morgan fingerprint density at radius 1 is 0.920 bits per heavy atom. The molecule has 0 saturated heterocycles. The van der Waals surface area contributed by atoms with Crippen LogP contribution in [0, 0.1) is 0 Å². The second-order valence-corrected chi connectivity index (χ2v) is 7.07. The molecular formula is C23H26F2. The van der Waals surface area contributed by atoms with Crippen molar-refractivity contribution in [3.05, 3.63) is 65.7 Å². The van der Waals surface area contributed by atoms with E-state index in [0.717, 1.165) is 6.42 Å². The molecule has 1 fully saturated rings. The fraction of sp³-hybridized carbons (Fsp3) is 0.391. The molecule has 0 spiro atoms. The van der Waals surface area contributed by atoms with Gasteiger partial charge in [0.2, 0.25) is 5.92 Å². The second-order valence-electron chi connectivity index (χ2n) is 7.07. The molecule has 0 N–H and O–H groups in total. The monoisotopic (exact) mass is 340 g/mol. The van der Waals surface area contributed by atoms with E-state index in [0.29, 0.717) is 12.8 Å². The first-order valence-electron chi connectivity index (χ1n) is 9.32. The van der Waals surface area contributed by atoms with Crippen LogP contribution in [-0.4, -0.2) is 5.92 Å². The Morgan fingerprint density at radius 3 is 2.04 bits per heavy atom. The molecule has 0 heterocycles. The molecule has 0 atom stereocenters. The fourth-order valence-electron chi connectivity index (χ4n) is 3.49. The maximum absolute atomic E-state index is 13.3. The first kappa shape index (κ1) is 17.8. The Balaban J connectivity index is 1.66. The lowest BCUT2D eigenvalue weighted by Gasteiger charge is -2.28. The van der Waals surface area contributed by atoms with E-state index < -0.39 is 5.92 Å². The molecule has 2 aromatic rings. The summed E-state index contributed by atoms with van der Waals surface area (Å²) in [5, 5.41) is 0. The summed E-state index contributed by atoms with van der Waals surface area (Å²) in [6.45, 7) is 2.18. The SMILES string of the molecule is CCCC=Cc1ccc(-c2ccc(C3CCC(F)(F)CC3)cc2)cc1. The summed E-state index contributed by atoms with van der Waals surface area (Å²) in [5.74, 6) is -2.18. The van der Waals surface area contributed by atoms with E-state index >= 15 is 0 Å². The van der Waals surface area contributed by atoms with Crippen LogP contribution in [0.15, 0.2) is 54.6 Å². The molecule has 1 saturated carbocycles. The maximum atomic E-state index is 13.3. The number of hydrogen-bond donors (Lipinski definition) is 0. The van der Waals surface area contributed by atoms with Crippen molar-refractivity contribution in [3.8, 4) is 11.1 Å². The van der Waals surface area contributed by atoms with E-state index in [-0.39, 0.29) is 18.8 Å². The third-order valence-corrected chi connectivity index (χ3v) is 5.11. The van der Waals surface area contributed by atoms with E-state index in [1.807, 2.05) is 0 Å². The highest BCUT2D eigenvalue weighted by Gasteiger charge is 2.35. The van der Waals surface area contributed by atoms with Crippen molar-refractivity contribution < 1.29 is 8.78 Å². The summed E-state index contributed by atoms with van der Waals surface area (Å²) >= 11 is 0. The molecule has 1 aliphatic carbocycles. The largest absolute Gasteiger partial charge is 0.248 e. The van der Waals surface area contributed by atoms with E-state index in [4.69, 9.17) is 0 Å². The normalized spacial score (nSPS) is 17.9. The maximum Gasteiger partial charge on any atom is 0.248 e. The van der Waals surface area contributed by atoms with Crippen molar-refractivity contribution in [2.45, 2.75) is 57.3 Å². The van der Waals surface area contributed by atoms with Crippen LogP contribution >= 0.6 is 0 Å². The highest BCUT2D eigenvalue weighted by Crippen LogP contribution is 2.41. The van der Waals surface area contributed by atoms with Crippen molar-refractivity contribution in [2.75, 3.05) is 0 Å². The average molecular weight is 340 g/mol. The van der Waals surface area contributed by atoms with Crippen LogP contribution in [0.5, 0.6) is 0 Å². The molecule has 0 amide bonds. The van der Waals surface area contributed by atoms with Gasteiger partial charge in [-0.3, -0.25) is 0 Å². The first-order valence-corrected chi connectivity index (χ1v) is 9.32. The molecule has 0 radical (unpaired) electrons. The molecule has 0 aliphatic heterocycles. The standard InChI is InChI=1S/C23H26F2/c1-2-3-4-5-18-6-8-19(9-7-18)20-10-12-21(13-11-20)22-14-16-23(24,25)17-15-22/h4-13,22H,2-3,14-17H2,1H3. The van der Waals surface area contributed by atoms with Gasteiger partial charge in [-0.25, -0.2) is 8.78 Å². The molecule has 3 rings (SSSR count). The van der Waals surface area contributed by atoms with Crippen LogP contribution < -0.4 is 0 Å². The molecule has 0 unspecified atom stereocenters. The van der Waals surface area contributed by atoms with Gasteiger partial charge in [0.25, 0.3) is 0 Å². The van der Waals surface area contributed by atoms with Crippen LogP contribution in [-0.2, 0) is 0 Å². The van der Waals surface area contributed by atoms with Crippen molar-refractivity contribution >= 4 is 6.08 Å². The summed E-state index contributed by atoms with van der Waals surface area (Å²) in [5.41, 5.74) is 4.78. The zero-order valence-electron chi connectivity index (χ0n) is 14.8. The Kier molecular flexibility index (Phi) is 5.67. The van der Waals surface area contributed by atoms with Gasteiger partial charge in [-0.05, 0) is 47.4 Å². The Morgan fingerprint density at radius 2 is 1.48 bits per heavy atom. The van der Waals surface area contributed by atoms with Crippen molar-refractivity contribution in [1.82, 2.24) is 0 Å². The zero-order chi connectivity index (χ0) is 17.7. The van der Waals surface area contributed by atoms with E-state index in [1.54, 1.807) is 0 Å². The number of halogens is 2. The summed E-state index contributed by atoms with van der Waals surface area (Å²) in [4.78, 5) is 0. The van der Waals surface area contributed by atoms with Gasteiger partial charge in [0, 0.05) is 12.8 Å². The molecule has 25 heavy (non-hydrogen) atoms. The van der Waals surface area contributed by atoms with Gasteiger partial charge >= 0.3 is 0 Å². The number of rotatable bonds is 5. The van der Waals surface area contributed by atoms with Crippen molar-refractivity contribution in [3.63, 3.8) is 0 Å². The molecule has 2 heteroatoms. The highest BCUT2D eigenvalue weighted by molar-refractivity contribution is 5.66. The summed E-state index contributed by atoms with van der Waals surface area (Å²) < 4.78 is 26.6.